The first-order valence-corrected chi connectivity index (χ1v) is 5.89. The summed E-state index contributed by atoms with van der Waals surface area (Å²) in [4.78, 5) is 0. The predicted octanol–water partition coefficient (Wildman–Crippen LogP) is -1.16. The van der Waals surface area contributed by atoms with Crippen LogP contribution in [0, 0.1) is 0 Å². The van der Waals surface area contributed by atoms with Gasteiger partial charge in [0.1, 0.15) is 0 Å². The Bertz CT molecular complexity index is 202. The van der Waals surface area contributed by atoms with Crippen LogP contribution in [-0.2, 0) is 10.1 Å². The molecule has 88 valence electrons. The fraction of sp³-hybridized carbons (Fsp3) is 1.00. The molecule has 0 bridgehead atoms. The van der Waals surface area contributed by atoms with Crippen molar-refractivity contribution < 1.29 is 23.2 Å². The molecule has 0 fully saturated rings. The van der Waals surface area contributed by atoms with E-state index in [0.29, 0.717) is 13.1 Å². The Balaban J connectivity index is 0. The molecule has 0 spiro atoms. The van der Waals surface area contributed by atoms with Gasteiger partial charge in [0.05, 0.1) is 18.5 Å². The van der Waals surface area contributed by atoms with E-state index in [1.54, 1.807) is 6.92 Å². The molecule has 0 aliphatic heterocycles. The molecular formula is C7H19NO5S. The molecule has 0 rings (SSSR count). The zero-order chi connectivity index (χ0) is 11.6. The molecule has 0 saturated heterocycles. The Morgan fingerprint density at radius 3 is 2.07 bits per heavy atom. The molecule has 1 atom stereocenters. The van der Waals surface area contributed by atoms with Gasteiger partial charge in [-0.2, -0.15) is 8.42 Å². The van der Waals surface area contributed by atoms with Crippen LogP contribution in [0.1, 0.15) is 13.8 Å². The topological polar surface area (TPSA) is 107 Å². The molecule has 0 heterocycles. The molecule has 0 radical (unpaired) electrons. The highest BCUT2D eigenvalue weighted by molar-refractivity contribution is 7.85. The average Bonchev–Trinajstić information content (AvgIpc) is 2.04. The maximum absolute atomic E-state index is 9.56. The first kappa shape index (κ1) is 16.2. The third-order valence-electron chi connectivity index (χ3n) is 1.09. The fourth-order valence-electron chi connectivity index (χ4n) is 0.390. The summed E-state index contributed by atoms with van der Waals surface area (Å²) in [6.45, 7) is 4.32. The van der Waals surface area contributed by atoms with E-state index < -0.39 is 10.1 Å². The zero-order valence-electron chi connectivity index (χ0n) is 8.47. The van der Waals surface area contributed by atoms with Crippen molar-refractivity contribution in [2.45, 2.75) is 20.0 Å². The van der Waals surface area contributed by atoms with Crippen molar-refractivity contribution in [2.75, 3.05) is 25.4 Å². The highest BCUT2D eigenvalue weighted by atomic mass is 32.2. The normalized spacial score (nSPS) is 12.9. The summed E-state index contributed by atoms with van der Waals surface area (Å²) in [5, 5.41) is 19.7. The van der Waals surface area contributed by atoms with Gasteiger partial charge >= 0.3 is 0 Å². The van der Waals surface area contributed by atoms with Gasteiger partial charge in [0.25, 0.3) is 10.1 Å². The molecule has 7 heteroatoms. The predicted molar refractivity (Wildman–Crippen MR) is 53.7 cm³/mol. The van der Waals surface area contributed by atoms with Crippen LogP contribution >= 0.6 is 0 Å². The van der Waals surface area contributed by atoms with E-state index in [-0.39, 0.29) is 18.5 Å². The smallest absolute Gasteiger partial charge is 0.264 e. The van der Waals surface area contributed by atoms with Crippen LogP contribution in [0.2, 0.25) is 0 Å². The van der Waals surface area contributed by atoms with Crippen LogP contribution in [0.4, 0.5) is 0 Å². The van der Waals surface area contributed by atoms with Gasteiger partial charge in [-0.1, -0.05) is 0 Å². The minimum absolute atomic E-state index is 0.132. The lowest BCUT2D eigenvalue weighted by Gasteiger charge is -2.02. The highest BCUT2D eigenvalue weighted by Gasteiger charge is 1.93. The summed E-state index contributed by atoms with van der Waals surface area (Å²) < 4.78 is 26.9. The van der Waals surface area contributed by atoms with Crippen molar-refractivity contribution in [3.63, 3.8) is 0 Å². The lowest BCUT2D eigenvalue weighted by Crippen LogP contribution is -2.26. The van der Waals surface area contributed by atoms with Gasteiger partial charge in [-0.15, -0.1) is 0 Å². The number of nitrogens with one attached hydrogen (secondary N) is 1. The average molecular weight is 229 g/mol. The molecule has 6 nitrogen and oxygen atoms in total. The second-order valence-electron chi connectivity index (χ2n) is 2.65. The minimum Gasteiger partial charge on any atom is -0.395 e. The van der Waals surface area contributed by atoms with Crippen molar-refractivity contribution >= 4 is 10.1 Å². The summed E-state index contributed by atoms with van der Waals surface area (Å²) in [6, 6.07) is 0. The molecular weight excluding hydrogens is 210 g/mol. The number of aliphatic hydroxyl groups is 2. The van der Waals surface area contributed by atoms with Gasteiger partial charge in [0.2, 0.25) is 0 Å². The van der Waals surface area contributed by atoms with E-state index in [2.05, 4.69) is 5.32 Å². The summed E-state index contributed by atoms with van der Waals surface area (Å²) in [6.07, 6.45) is -0.318. The molecule has 4 N–H and O–H groups in total. The molecule has 1 unspecified atom stereocenters. The maximum atomic E-state index is 9.56. The second-order valence-corrected chi connectivity index (χ2v) is 4.39. The molecule has 0 aliphatic carbocycles. The Morgan fingerprint density at radius 2 is 1.86 bits per heavy atom. The Morgan fingerprint density at radius 1 is 1.43 bits per heavy atom. The van der Waals surface area contributed by atoms with Crippen molar-refractivity contribution in [3.8, 4) is 0 Å². The molecule has 14 heavy (non-hydrogen) atoms. The maximum Gasteiger partial charge on any atom is 0.264 e. The van der Waals surface area contributed by atoms with Crippen molar-refractivity contribution in [2.24, 2.45) is 0 Å². The molecule has 0 aromatic heterocycles. The Kier molecular flexibility index (Phi) is 10.8. The number of hydrogen-bond donors (Lipinski definition) is 4. The summed E-state index contributed by atoms with van der Waals surface area (Å²) in [5.74, 6) is -0.201. The third-order valence-corrected chi connectivity index (χ3v) is 1.82. The molecule has 0 amide bonds. The first-order chi connectivity index (χ1) is 6.33. The van der Waals surface area contributed by atoms with Crippen molar-refractivity contribution in [1.29, 1.82) is 0 Å². The van der Waals surface area contributed by atoms with E-state index in [1.165, 1.54) is 6.92 Å². The van der Waals surface area contributed by atoms with E-state index in [4.69, 9.17) is 14.8 Å². The van der Waals surface area contributed by atoms with Crippen LogP contribution < -0.4 is 5.32 Å². The van der Waals surface area contributed by atoms with Crippen molar-refractivity contribution in [3.05, 3.63) is 0 Å². The molecule has 0 aromatic carbocycles. The second kappa shape index (κ2) is 9.35. The van der Waals surface area contributed by atoms with E-state index in [1.807, 2.05) is 0 Å². The zero-order valence-corrected chi connectivity index (χ0v) is 9.29. The lowest BCUT2D eigenvalue weighted by atomic mass is 10.4. The summed E-state index contributed by atoms with van der Waals surface area (Å²) >= 11 is 0. The Hall–Kier alpha value is -0.210. The van der Waals surface area contributed by atoms with Crippen molar-refractivity contribution in [1.82, 2.24) is 5.32 Å². The van der Waals surface area contributed by atoms with E-state index >= 15 is 0 Å². The van der Waals surface area contributed by atoms with Crippen LogP contribution in [0.15, 0.2) is 0 Å². The molecule has 0 aliphatic rings. The standard InChI is InChI=1S/C5H13NO2.C2H6O3S/c1-5(8)4-6-2-3-7;1-2-6(3,4)5/h5-8H,2-4H2,1H3;2H2,1H3,(H,3,4,5). The third kappa shape index (κ3) is 22.6. The van der Waals surface area contributed by atoms with Crippen LogP contribution in [0.25, 0.3) is 0 Å². The SMILES string of the molecule is CC(O)CNCCO.CCS(=O)(=O)O. The number of hydrogen-bond acceptors (Lipinski definition) is 5. The minimum atomic E-state index is -3.66. The van der Waals surface area contributed by atoms with Gasteiger partial charge in [-0.05, 0) is 13.8 Å². The quantitative estimate of drug-likeness (QED) is 0.350. The molecule has 0 saturated carbocycles. The fourth-order valence-corrected chi connectivity index (χ4v) is 0.390. The van der Waals surface area contributed by atoms with E-state index in [0.717, 1.165) is 0 Å². The number of rotatable bonds is 5. The first-order valence-electron chi connectivity index (χ1n) is 4.28. The van der Waals surface area contributed by atoms with Gasteiger partial charge in [-0.25, -0.2) is 0 Å². The molecule has 0 aromatic rings. The van der Waals surface area contributed by atoms with E-state index in [9.17, 15) is 8.42 Å². The largest absolute Gasteiger partial charge is 0.395 e. The Labute approximate surface area is 84.7 Å². The van der Waals surface area contributed by atoms with Gasteiger partial charge in [0.15, 0.2) is 0 Å². The van der Waals surface area contributed by atoms with Gasteiger partial charge in [-0.3, -0.25) is 4.55 Å². The number of aliphatic hydroxyl groups excluding tert-OH is 2. The monoisotopic (exact) mass is 229 g/mol. The van der Waals surface area contributed by atoms with Gasteiger partial charge in [0, 0.05) is 13.1 Å². The lowest BCUT2D eigenvalue weighted by molar-refractivity contribution is 0.186. The van der Waals surface area contributed by atoms with Gasteiger partial charge < -0.3 is 15.5 Å². The van der Waals surface area contributed by atoms with Crippen LogP contribution in [0.3, 0.4) is 0 Å². The summed E-state index contributed by atoms with van der Waals surface area (Å²) in [5.41, 5.74) is 0. The van der Waals surface area contributed by atoms with Crippen LogP contribution in [0.5, 0.6) is 0 Å². The highest BCUT2D eigenvalue weighted by Crippen LogP contribution is 1.74. The van der Waals surface area contributed by atoms with Crippen LogP contribution in [-0.4, -0.2) is 54.7 Å². The summed E-state index contributed by atoms with van der Waals surface area (Å²) in [7, 11) is -3.66.